The van der Waals surface area contributed by atoms with Crippen LogP contribution in [-0.2, 0) is 0 Å². The number of anilines is 1. The van der Waals surface area contributed by atoms with Crippen molar-refractivity contribution in [2.75, 3.05) is 5.43 Å². The molecule has 0 aliphatic rings. The van der Waals surface area contributed by atoms with Crippen LogP contribution in [0.25, 0.3) is 22.3 Å². The predicted octanol–water partition coefficient (Wildman–Crippen LogP) is 5.70. The van der Waals surface area contributed by atoms with E-state index in [4.69, 9.17) is 16.0 Å². The van der Waals surface area contributed by atoms with Crippen LogP contribution in [0, 0.1) is 27.7 Å². The molecular weight excluding hydrogens is 384 g/mol. The number of hydrogen-bond acceptors (Lipinski definition) is 5. The zero-order valence-electron chi connectivity index (χ0n) is 16.7. The van der Waals surface area contributed by atoms with E-state index >= 15 is 0 Å². The van der Waals surface area contributed by atoms with Gasteiger partial charge in [-0.15, -0.1) is 0 Å². The molecular formula is C23H21ClN4O. The third kappa shape index (κ3) is 4.15. The van der Waals surface area contributed by atoms with Crippen molar-refractivity contribution in [1.29, 1.82) is 0 Å². The van der Waals surface area contributed by atoms with E-state index in [9.17, 15) is 0 Å². The van der Waals surface area contributed by atoms with Crippen LogP contribution < -0.4 is 10.8 Å². The molecule has 4 aromatic rings. The van der Waals surface area contributed by atoms with Gasteiger partial charge in [-0.1, -0.05) is 41.4 Å². The van der Waals surface area contributed by atoms with Crippen molar-refractivity contribution in [2.45, 2.75) is 27.7 Å². The number of benzene rings is 2. The van der Waals surface area contributed by atoms with Crippen LogP contribution in [0.1, 0.15) is 22.5 Å². The minimum Gasteiger partial charge on any atom is -0.456 e. The Labute approximate surface area is 174 Å². The fourth-order valence-electron chi connectivity index (χ4n) is 3.13. The topological polar surface area (TPSA) is 63.3 Å². The van der Waals surface area contributed by atoms with Crippen LogP contribution in [0.15, 0.2) is 58.0 Å². The van der Waals surface area contributed by atoms with Gasteiger partial charge in [-0.3, -0.25) is 0 Å². The number of halogens is 1. The lowest BCUT2D eigenvalue weighted by atomic mass is 10.1. The summed E-state index contributed by atoms with van der Waals surface area (Å²) in [6, 6.07) is 15.8. The molecule has 0 aliphatic carbocycles. The average molecular weight is 405 g/mol. The molecule has 0 amide bonds. The van der Waals surface area contributed by atoms with Crippen molar-refractivity contribution >= 4 is 28.5 Å². The van der Waals surface area contributed by atoms with Crippen molar-refractivity contribution in [3.63, 3.8) is 0 Å². The van der Waals surface area contributed by atoms with Crippen molar-refractivity contribution in [1.82, 2.24) is 9.97 Å². The van der Waals surface area contributed by atoms with Crippen LogP contribution in [0.5, 0.6) is 0 Å². The second-order valence-electron chi connectivity index (χ2n) is 7.16. The highest BCUT2D eigenvalue weighted by Gasteiger charge is 2.09. The highest BCUT2D eigenvalue weighted by molar-refractivity contribution is 6.32. The van der Waals surface area contributed by atoms with Gasteiger partial charge in [-0.2, -0.15) is 5.10 Å². The molecule has 0 atom stereocenters. The molecule has 2 aromatic carbocycles. The quantitative estimate of drug-likeness (QED) is 0.444. The number of aryl methyl sites for hydroxylation is 4. The first-order chi connectivity index (χ1) is 13.9. The summed E-state index contributed by atoms with van der Waals surface area (Å²) in [5.74, 6) is 1.17. The van der Waals surface area contributed by atoms with Gasteiger partial charge in [0.15, 0.2) is 0 Å². The fourth-order valence-corrected chi connectivity index (χ4v) is 3.29. The van der Waals surface area contributed by atoms with Crippen molar-refractivity contribution < 1.29 is 4.42 Å². The smallest absolute Gasteiger partial charge is 0.243 e. The molecule has 0 fully saturated rings. The van der Waals surface area contributed by atoms with E-state index < -0.39 is 0 Å². The molecule has 0 aliphatic heterocycles. The maximum absolute atomic E-state index is 6.36. The molecule has 2 aromatic heterocycles. The van der Waals surface area contributed by atoms with Crippen molar-refractivity contribution in [3.8, 4) is 11.3 Å². The molecule has 5 nitrogen and oxygen atoms in total. The predicted molar refractivity (Wildman–Crippen MR) is 117 cm³/mol. The van der Waals surface area contributed by atoms with Crippen LogP contribution in [-0.4, -0.2) is 9.97 Å². The lowest BCUT2D eigenvalue weighted by Gasteiger charge is -2.08. The summed E-state index contributed by atoms with van der Waals surface area (Å²) in [5, 5.41) is 6.74. The van der Waals surface area contributed by atoms with Crippen LogP contribution in [0.3, 0.4) is 0 Å². The Morgan fingerprint density at radius 1 is 0.897 bits per heavy atom. The van der Waals surface area contributed by atoms with E-state index in [0.717, 1.165) is 33.7 Å². The number of nitrogens with zero attached hydrogens (tertiary/aromatic N) is 3. The first-order valence-electron chi connectivity index (χ1n) is 9.32. The molecule has 0 spiro atoms. The number of rotatable bonds is 3. The minimum atomic E-state index is 0.450. The first kappa shape index (κ1) is 19.2. The molecule has 0 bridgehead atoms. The maximum Gasteiger partial charge on any atom is 0.243 e. The molecule has 0 radical (unpaired) electrons. The third-order valence-corrected chi connectivity index (χ3v) is 5.03. The van der Waals surface area contributed by atoms with Gasteiger partial charge in [0.05, 0.1) is 5.36 Å². The normalized spacial score (nSPS) is 11.8. The van der Waals surface area contributed by atoms with E-state index in [2.05, 4.69) is 39.6 Å². The van der Waals surface area contributed by atoms with Gasteiger partial charge in [0, 0.05) is 33.4 Å². The number of nitrogens with one attached hydrogen (secondary N) is 1. The largest absolute Gasteiger partial charge is 0.456 e. The zero-order valence-corrected chi connectivity index (χ0v) is 17.5. The summed E-state index contributed by atoms with van der Waals surface area (Å²) in [4.78, 5) is 8.77. The summed E-state index contributed by atoms with van der Waals surface area (Å²) >= 11 is 6.36. The molecule has 4 rings (SSSR count). The van der Waals surface area contributed by atoms with Gasteiger partial charge < -0.3 is 4.42 Å². The minimum absolute atomic E-state index is 0.450. The fraction of sp³-hybridized carbons (Fsp3) is 0.174. The lowest BCUT2D eigenvalue weighted by Crippen LogP contribution is -2.09. The molecule has 146 valence electrons. The highest BCUT2D eigenvalue weighted by atomic mass is 35.5. The second kappa shape index (κ2) is 7.68. The maximum atomic E-state index is 6.36. The van der Waals surface area contributed by atoms with E-state index in [1.54, 1.807) is 0 Å². The lowest BCUT2D eigenvalue weighted by molar-refractivity contribution is 0.618. The summed E-state index contributed by atoms with van der Waals surface area (Å²) in [6.45, 7) is 7.86. The SMILES string of the molecule is Cc1ccc(-c2c/c(=N/Nc3nc(C)cc(C)n3)c3cc(Cl)c(C)cc3o2)cc1. The molecule has 0 saturated heterocycles. The van der Waals surface area contributed by atoms with Gasteiger partial charge in [0.2, 0.25) is 5.95 Å². The standard InChI is InChI=1S/C23H21ClN4O/c1-13-5-7-17(8-6-13)21-12-20(18-11-19(24)14(2)9-22(18)29-21)27-28-23-25-15(3)10-16(4)26-23/h5-12H,1-4H3,(H,25,26,28)/b27-20-. The molecule has 0 saturated carbocycles. The van der Waals surface area contributed by atoms with Crippen LogP contribution >= 0.6 is 11.6 Å². The summed E-state index contributed by atoms with van der Waals surface area (Å²) in [6.07, 6.45) is 0. The Kier molecular flexibility index (Phi) is 5.07. The Hall–Kier alpha value is -3.18. The first-order valence-corrected chi connectivity index (χ1v) is 9.70. The third-order valence-electron chi connectivity index (χ3n) is 4.62. The van der Waals surface area contributed by atoms with Gasteiger partial charge >= 0.3 is 0 Å². The van der Waals surface area contributed by atoms with Crippen LogP contribution in [0.2, 0.25) is 5.02 Å². The van der Waals surface area contributed by atoms with E-state index in [1.165, 1.54) is 5.56 Å². The monoisotopic (exact) mass is 404 g/mol. The summed E-state index contributed by atoms with van der Waals surface area (Å²) < 4.78 is 6.18. The van der Waals surface area contributed by atoms with E-state index in [-0.39, 0.29) is 0 Å². The highest BCUT2D eigenvalue weighted by Crippen LogP contribution is 2.26. The summed E-state index contributed by atoms with van der Waals surface area (Å²) in [7, 11) is 0. The average Bonchev–Trinajstić information content (AvgIpc) is 2.67. The molecule has 2 heterocycles. The molecule has 29 heavy (non-hydrogen) atoms. The molecule has 1 N–H and O–H groups in total. The Balaban J connectivity index is 1.90. The number of aromatic nitrogens is 2. The molecule has 0 unspecified atom stereocenters. The van der Waals surface area contributed by atoms with Crippen LogP contribution in [0.4, 0.5) is 5.95 Å². The van der Waals surface area contributed by atoms with Gasteiger partial charge in [-0.05, 0) is 51.5 Å². The van der Waals surface area contributed by atoms with E-state index in [1.807, 2.05) is 57.2 Å². The number of fused-ring (bicyclic) bond motifs is 1. The molecule has 6 heteroatoms. The van der Waals surface area contributed by atoms with Gasteiger partial charge in [-0.25, -0.2) is 15.4 Å². The number of hydrogen-bond donors (Lipinski definition) is 1. The van der Waals surface area contributed by atoms with E-state index in [0.29, 0.717) is 21.9 Å². The Bertz CT molecular complexity index is 1260. The van der Waals surface area contributed by atoms with Gasteiger partial charge in [0.1, 0.15) is 11.3 Å². The Morgan fingerprint density at radius 3 is 2.28 bits per heavy atom. The Morgan fingerprint density at radius 2 is 1.59 bits per heavy atom. The van der Waals surface area contributed by atoms with Gasteiger partial charge in [0.25, 0.3) is 0 Å². The van der Waals surface area contributed by atoms with Crippen molar-refractivity contribution in [2.24, 2.45) is 5.10 Å². The second-order valence-corrected chi connectivity index (χ2v) is 7.56. The van der Waals surface area contributed by atoms with Crippen molar-refractivity contribution in [3.05, 3.63) is 81.4 Å². The zero-order chi connectivity index (χ0) is 20.5. The summed E-state index contributed by atoms with van der Waals surface area (Å²) in [5.41, 5.74) is 8.55.